The zero-order valence-corrected chi connectivity index (χ0v) is 18.4. The molecule has 7 nitrogen and oxygen atoms in total. The molecule has 0 aliphatic rings. The van der Waals surface area contributed by atoms with Gasteiger partial charge in [-0.05, 0) is 36.2 Å². The molecule has 0 radical (unpaired) electrons. The average molecular weight is 481 g/mol. The van der Waals surface area contributed by atoms with Gasteiger partial charge < -0.3 is 9.84 Å². The second-order valence-corrected chi connectivity index (χ2v) is 8.85. The Morgan fingerprint density at radius 3 is 2.48 bits per heavy atom. The van der Waals surface area contributed by atoms with Gasteiger partial charge in [0.25, 0.3) is 0 Å². The van der Waals surface area contributed by atoms with Crippen LogP contribution in [0, 0.1) is 0 Å². The van der Waals surface area contributed by atoms with Crippen LogP contribution in [-0.2, 0) is 23.2 Å². The molecule has 2 aromatic carbocycles. The Kier molecular flexibility index (Phi) is 7.13. The van der Waals surface area contributed by atoms with Crippen molar-refractivity contribution in [3.63, 3.8) is 0 Å². The number of aliphatic hydroxyl groups is 1. The van der Waals surface area contributed by atoms with E-state index in [9.17, 15) is 21.6 Å². The summed E-state index contributed by atoms with van der Waals surface area (Å²) in [6.07, 6.45) is -4.87. The first-order chi connectivity index (χ1) is 15.5. The van der Waals surface area contributed by atoms with Crippen molar-refractivity contribution in [3.8, 4) is 22.9 Å². The van der Waals surface area contributed by atoms with Crippen LogP contribution in [0.4, 0.5) is 13.2 Å². The lowest BCUT2D eigenvalue weighted by Gasteiger charge is -2.13. The number of sulfonamides is 1. The summed E-state index contributed by atoms with van der Waals surface area (Å²) in [4.78, 5) is 0. The number of nitrogens with zero attached hydrogens (tertiary/aromatic N) is 2. The van der Waals surface area contributed by atoms with Gasteiger partial charge >= 0.3 is 6.18 Å². The number of hydrogen-bond acceptors (Lipinski definition) is 5. The van der Waals surface area contributed by atoms with Gasteiger partial charge in [0.05, 0.1) is 12.3 Å². The molecule has 3 rings (SSSR count). The zero-order chi connectivity index (χ0) is 24.2. The summed E-state index contributed by atoms with van der Waals surface area (Å²) >= 11 is 0. The molecule has 0 bridgehead atoms. The van der Waals surface area contributed by atoms with Crippen molar-refractivity contribution in [1.82, 2.24) is 14.5 Å². The number of ether oxygens (including phenoxy) is 1. The molecule has 0 saturated heterocycles. The molecule has 0 spiro atoms. The topological polar surface area (TPSA) is 93.5 Å². The minimum atomic E-state index is -4.87. The molecule has 176 valence electrons. The summed E-state index contributed by atoms with van der Waals surface area (Å²) in [6.45, 7) is 5.87. The Balaban J connectivity index is 1.82. The maximum Gasteiger partial charge on any atom is 0.404 e. The molecular formula is C22H22F3N3O4S. The molecule has 0 unspecified atom stereocenters. The fourth-order valence-electron chi connectivity index (χ4n) is 3.00. The molecule has 0 aliphatic carbocycles. The Morgan fingerprint density at radius 1 is 1.18 bits per heavy atom. The number of hydrogen-bond donors (Lipinski definition) is 2. The molecule has 0 saturated carbocycles. The van der Waals surface area contributed by atoms with Gasteiger partial charge in [-0.1, -0.05) is 36.9 Å². The Hall–Kier alpha value is -3.31. The molecule has 1 aromatic heterocycles. The summed E-state index contributed by atoms with van der Waals surface area (Å²) in [5.74, 6) is -0.992. The minimum absolute atomic E-state index is 0.0781. The number of alkyl halides is 3. The summed E-state index contributed by atoms with van der Waals surface area (Å²) in [5, 5.41) is 13.6. The minimum Gasteiger partial charge on any atom is -0.439 e. The second kappa shape index (κ2) is 9.67. The number of benzene rings is 2. The third kappa shape index (κ3) is 6.59. The highest BCUT2D eigenvalue weighted by molar-refractivity contribution is 7.89. The van der Waals surface area contributed by atoms with E-state index in [1.807, 2.05) is 11.6 Å². The quantitative estimate of drug-likeness (QED) is 0.475. The van der Waals surface area contributed by atoms with Crippen LogP contribution in [0.5, 0.6) is 11.6 Å². The maximum atomic E-state index is 12.5. The van der Waals surface area contributed by atoms with Gasteiger partial charge in [-0.2, -0.15) is 18.3 Å². The third-order valence-corrected chi connectivity index (χ3v) is 5.77. The third-order valence-electron chi connectivity index (χ3n) is 4.51. The van der Waals surface area contributed by atoms with Crippen molar-refractivity contribution in [3.05, 3.63) is 72.3 Å². The van der Waals surface area contributed by atoms with Crippen molar-refractivity contribution < 1.29 is 31.4 Å². The molecule has 3 aromatic rings. The summed E-state index contributed by atoms with van der Waals surface area (Å²) in [7, 11) is -4.64. The second-order valence-electron chi connectivity index (χ2n) is 7.12. The molecule has 11 heteroatoms. The lowest BCUT2D eigenvalue weighted by molar-refractivity contribution is -0.106. The largest absolute Gasteiger partial charge is 0.439 e. The Bertz CT molecular complexity index is 1240. The molecule has 0 aliphatic heterocycles. The van der Waals surface area contributed by atoms with E-state index in [1.165, 1.54) is 6.07 Å². The van der Waals surface area contributed by atoms with Crippen molar-refractivity contribution in [2.75, 3.05) is 5.75 Å². The summed E-state index contributed by atoms with van der Waals surface area (Å²) < 4.78 is 70.3. The standard InChI is InChI=1S/C22H22F3N3O4S/c1-3-28-21(32-19-9-7-16(13-29)8-10-19)12-20(26-28)18-6-4-5-17(11-18)15(2)27-33(30,31)14-22(23,24)25/h4-12,27,29H,2-3,13-14H2,1H3. The molecule has 33 heavy (non-hydrogen) atoms. The first-order valence-corrected chi connectivity index (χ1v) is 11.5. The van der Waals surface area contributed by atoms with Crippen molar-refractivity contribution in [1.29, 1.82) is 0 Å². The van der Waals surface area contributed by atoms with Crippen LogP contribution in [0.3, 0.4) is 0 Å². The smallest absolute Gasteiger partial charge is 0.404 e. The molecule has 1 heterocycles. The first-order valence-electron chi connectivity index (χ1n) is 9.82. The fourth-order valence-corrected chi connectivity index (χ4v) is 3.99. The molecule has 0 fully saturated rings. The lowest BCUT2D eigenvalue weighted by atomic mass is 10.1. The van der Waals surface area contributed by atoms with Crippen LogP contribution >= 0.6 is 0 Å². The number of nitrogens with one attached hydrogen (secondary N) is 1. The molecule has 0 amide bonds. The molecule has 2 N–H and O–H groups in total. The highest BCUT2D eigenvalue weighted by atomic mass is 32.2. The van der Waals surface area contributed by atoms with Crippen molar-refractivity contribution in [2.24, 2.45) is 0 Å². The zero-order valence-electron chi connectivity index (χ0n) is 17.6. The van der Waals surface area contributed by atoms with E-state index in [0.717, 1.165) is 5.56 Å². The summed E-state index contributed by atoms with van der Waals surface area (Å²) in [5.41, 5.74) is 1.97. The van der Waals surface area contributed by atoms with Crippen LogP contribution in [0.2, 0.25) is 0 Å². The highest BCUT2D eigenvalue weighted by Gasteiger charge is 2.35. The van der Waals surface area contributed by atoms with E-state index in [0.29, 0.717) is 35.0 Å². The normalized spacial score (nSPS) is 11.9. The number of aliphatic hydroxyl groups excluding tert-OH is 1. The first kappa shape index (κ1) is 24.3. The number of rotatable bonds is 9. The fraction of sp³-hybridized carbons (Fsp3) is 0.227. The highest BCUT2D eigenvalue weighted by Crippen LogP contribution is 2.29. The van der Waals surface area contributed by atoms with Crippen LogP contribution in [-0.4, -0.2) is 35.2 Å². The van der Waals surface area contributed by atoms with Crippen LogP contribution in [0.1, 0.15) is 18.1 Å². The van der Waals surface area contributed by atoms with Gasteiger partial charge in [-0.25, -0.2) is 13.1 Å². The van der Waals surface area contributed by atoms with E-state index in [1.54, 1.807) is 53.2 Å². The van der Waals surface area contributed by atoms with Gasteiger partial charge in [-0.3, -0.25) is 4.72 Å². The van der Waals surface area contributed by atoms with E-state index >= 15 is 0 Å². The Morgan fingerprint density at radius 2 is 1.88 bits per heavy atom. The SMILES string of the molecule is C=C(NS(=O)(=O)CC(F)(F)F)c1cccc(-c2cc(Oc3ccc(CO)cc3)n(CC)n2)c1. The summed E-state index contributed by atoms with van der Waals surface area (Å²) in [6, 6.07) is 15.0. The average Bonchev–Trinajstić information content (AvgIpc) is 3.15. The number of halogens is 3. The Labute approximate surface area is 189 Å². The lowest BCUT2D eigenvalue weighted by Crippen LogP contribution is -2.32. The van der Waals surface area contributed by atoms with Gasteiger partial charge in [-0.15, -0.1) is 0 Å². The molecule has 0 atom stereocenters. The maximum absolute atomic E-state index is 12.5. The van der Waals surface area contributed by atoms with Gasteiger partial charge in [0, 0.05) is 23.9 Å². The van der Waals surface area contributed by atoms with E-state index in [4.69, 9.17) is 9.84 Å². The van der Waals surface area contributed by atoms with Gasteiger partial charge in [0.1, 0.15) is 5.75 Å². The van der Waals surface area contributed by atoms with Crippen LogP contribution < -0.4 is 9.46 Å². The van der Waals surface area contributed by atoms with E-state index < -0.39 is 22.0 Å². The predicted octanol–water partition coefficient (Wildman–Crippen LogP) is 4.31. The molecular weight excluding hydrogens is 459 g/mol. The van der Waals surface area contributed by atoms with E-state index in [-0.39, 0.29) is 12.3 Å². The van der Waals surface area contributed by atoms with Crippen molar-refractivity contribution in [2.45, 2.75) is 26.3 Å². The number of aryl methyl sites for hydroxylation is 1. The van der Waals surface area contributed by atoms with Gasteiger partial charge in [0.2, 0.25) is 15.9 Å². The predicted molar refractivity (Wildman–Crippen MR) is 118 cm³/mol. The van der Waals surface area contributed by atoms with E-state index in [2.05, 4.69) is 11.7 Å². The van der Waals surface area contributed by atoms with Gasteiger partial charge in [0.15, 0.2) is 5.75 Å². The van der Waals surface area contributed by atoms with Crippen molar-refractivity contribution >= 4 is 15.7 Å². The van der Waals surface area contributed by atoms with Crippen LogP contribution in [0.25, 0.3) is 17.0 Å². The van der Waals surface area contributed by atoms with Crippen LogP contribution in [0.15, 0.2) is 61.2 Å². The number of aromatic nitrogens is 2. The monoisotopic (exact) mass is 481 g/mol.